The van der Waals surface area contributed by atoms with Crippen LogP contribution < -0.4 is 5.73 Å². The molecule has 0 saturated heterocycles. The van der Waals surface area contributed by atoms with Crippen LogP contribution in [0.5, 0.6) is 0 Å². The van der Waals surface area contributed by atoms with Gasteiger partial charge in [0.1, 0.15) is 0 Å². The van der Waals surface area contributed by atoms with Crippen LogP contribution in [0.15, 0.2) is 23.1 Å². The molecule has 5 heteroatoms. The fourth-order valence-corrected chi connectivity index (χ4v) is 2.67. The largest absolute Gasteiger partial charge is 0.326 e. The molecule has 4 nitrogen and oxygen atoms in total. The molecule has 1 rings (SSSR count). The lowest BCUT2D eigenvalue weighted by molar-refractivity contribution is 0.486. The van der Waals surface area contributed by atoms with Crippen molar-refractivity contribution in [2.75, 3.05) is 13.6 Å². The summed E-state index contributed by atoms with van der Waals surface area (Å²) in [6.07, 6.45) is 0. The van der Waals surface area contributed by atoms with Crippen LogP contribution in [0.3, 0.4) is 0 Å². The maximum Gasteiger partial charge on any atom is 0.242 e. The van der Waals surface area contributed by atoms with E-state index in [1.165, 1.54) is 4.31 Å². The highest BCUT2D eigenvalue weighted by atomic mass is 32.2. The molecule has 1 aromatic carbocycles. The average Bonchev–Trinajstić information content (AvgIpc) is 2.27. The minimum atomic E-state index is -3.34. The second kappa shape index (κ2) is 4.95. The zero-order valence-corrected chi connectivity index (χ0v) is 10.7. The second-order valence-corrected chi connectivity index (χ2v) is 5.76. The summed E-state index contributed by atoms with van der Waals surface area (Å²) in [6, 6.07) is 5.05. The van der Waals surface area contributed by atoms with Gasteiger partial charge in [-0.05, 0) is 30.2 Å². The Kier molecular flexibility index (Phi) is 4.07. The number of sulfonamides is 1. The van der Waals surface area contributed by atoms with Crippen molar-refractivity contribution >= 4 is 10.0 Å². The van der Waals surface area contributed by atoms with Crippen molar-refractivity contribution in [3.63, 3.8) is 0 Å². The van der Waals surface area contributed by atoms with Gasteiger partial charge in [0.15, 0.2) is 0 Å². The number of benzene rings is 1. The second-order valence-electron chi connectivity index (χ2n) is 3.71. The number of aryl methyl sites for hydroxylation is 1. The summed E-state index contributed by atoms with van der Waals surface area (Å²) >= 11 is 0. The fourth-order valence-electron chi connectivity index (χ4n) is 1.41. The zero-order valence-electron chi connectivity index (χ0n) is 9.90. The Labute approximate surface area is 97.1 Å². The first kappa shape index (κ1) is 13.2. The van der Waals surface area contributed by atoms with Crippen molar-refractivity contribution in [2.24, 2.45) is 5.73 Å². The minimum absolute atomic E-state index is 0.326. The van der Waals surface area contributed by atoms with Crippen molar-refractivity contribution < 1.29 is 8.42 Å². The van der Waals surface area contributed by atoms with E-state index in [2.05, 4.69) is 0 Å². The highest BCUT2D eigenvalue weighted by Crippen LogP contribution is 2.18. The third kappa shape index (κ3) is 2.42. The van der Waals surface area contributed by atoms with E-state index in [1.54, 1.807) is 32.2 Å². The lowest BCUT2D eigenvalue weighted by Gasteiger charge is -2.15. The minimum Gasteiger partial charge on any atom is -0.326 e. The summed E-state index contributed by atoms with van der Waals surface area (Å²) in [5, 5.41) is 0. The Morgan fingerprint density at radius 1 is 1.38 bits per heavy atom. The molecule has 16 heavy (non-hydrogen) atoms. The van der Waals surface area contributed by atoms with Gasteiger partial charge in [-0.2, -0.15) is 0 Å². The maximum absolute atomic E-state index is 12.0. The molecule has 0 spiro atoms. The predicted molar refractivity (Wildman–Crippen MR) is 64.6 cm³/mol. The zero-order chi connectivity index (χ0) is 12.3. The maximum atomic E-state index is 12.0. The quantitative estimate of drug-likeness (QED) is 0.859. The third-order valence-electron chi connectivity index (χ3n) is 2.69. The lowest BCUT2D eigenvalue weighted by atomic mass is 10.1. The van der Waals surface area contributed by atoms with Gasteiger partial charge >= 0.3 is 0 Å². The van der Waals surface area contributed by atoms with Gasteiger partial charge < -0.3 is 5.73 Å². The van der Waals surface area contributed by atoms with Gasteiger partial charge in [0.25, 0.3) is 0 Å². The summed E-state index contributed by atoms with van der Waals surface area (Å²) in [7, 11) is -1.77. The lowest BCUT2D eigenvalue weighted by Crippen LogP contribution is -2.26. The van der Waals surface area contributed by atoms with E-state index in [9.17, 15) is 8.42 Å². The van der Waals surface area contributed by atoms with Crippen LogP contribution in [0.2, 0.25) is 0 Å². The van der Waals surface area contributed by atoms with Crippen LogP contribution in [0.25, 0.3) is 0 Å². The number of nitrogens with zero attached hydrogens (tertiary/aromatic N) is 1. The average molecular weight is 242 g/mol. The fraction of sp³-hybridized carbons (Fsp3) is 0.455. The first-order valence-electron chi connectivity index (χ1n) is 5.19. The van der Waals surface area contributed by atoms with E-state index in [0.29, 0.717) is 18.0 Å². The molecule has 0 amide bonds. The number of rotatable bonds is 4. The van der Waals surface area contributed by atoms with Gasteiger partial charge in [0.2, 0.25) is 10.0 Å². The molecule has 0 aromatic heterocycles. The number of hydrogen-bond donors (Lipinski definition) is 1. The molecule has 0 fully saturated rings. The summed E-state index contributed by atoms with van der Waals surface area (Å²) in [5.74, 6) is 0. The van der Waals surface area contributed by atoms with Crippen LogP contribution in [-0.2, 0) is 16.6 Å². The van der Waals surface area contributed by atoms with Crippen LogP contribution in [0, 0.1) is 6.92 Å². The molecule has 0 radical (unpaired) electrons. The normalized spacial score (nSPS) is 12.1. The first-order chi connectivity index (χ1) is 7.43. The monoisotopic (exact) mass is 242 g/mol. The van der Waals surface area contributed by atoms with E-state index in [1.807, 2.05) is 6.92 Å². The molecule has 0 unspecified atom stereocenters. The Balaban J connectivity index is 3.21. The summed E-state index contributed by atoms with van der Waals surface area (Å²) < 4.78 is 25.3. The van der Waals surface area contributed by atoms with Crippen LogP contribution in [0.4, 0.5) is 0 Å². The summed E-state index contributed by atoms with van der Waals surface area (Å²) in [4.78, 5) is 0.326. The highest BCUT2D eigenvalue weighted by molar-refractivity contribution is 7.89. The van der Waals surface area contributed by atoms with Crippen molar-refractivity contribution in [3.8, 4) is 0 Å². The Bertz CT molecular complexity index is 469. The van der Waals surface area contributed by atoms with Crippen molar-refractivity contribution in [1.82, 2.24) is 4.31 Å². The summed E-state index contributed by atoms with van der Waals surface area (Å²) in [6.45, 7) is 4.56. The molecule has 0 bridgehead atoms. The Hall–Kier alpha value is -0.910. The summed E-state index contributed by atoms with van der Waals surface area (Å²) in [5.41, 5.74) is 7.42. The molecular weight excluding hydrogens is 224 g/mol. The molecule has 0 aliphatic rings. The first-order valence-corrected chi connectivity index (χ1v) is 6.63. The highest BCUT2D eigenvalue weighted by Gasteiger charge is 2.19. The van der Waals surface area contributed by atoms with Gasteiger partial charge in [0, 0.05) is 20.1 Å². The molecule has 0 heterocycles. The van der Waals surface area contributed by atoms with E-state index in [-0.39, 0.29) is 0 Å². The van der Waals surface area contributed by atoms with Gasteiger partial charge in [-0.1, -0.05) is 13.0 Å². The van der Waals surface area contributed by atoms with Gasteiger partial charge in [-0.15, -0.1) is 0 Å². The molecule has 2 N–H and O–H groups in total. The molecule has 1 aromatic rings. The van der Waals surface area contributed by atoms with Crippen LogP contribution in [0.1, 0.15) is 18.1 Å². The molecule has 0 saturated carbocycles. The van der Waals surface area contributed by atoms with Gasteiger partial charge in [0.05, 0.1) is 4.90 Å². The van der Waals surface area contributed by atoms with E-state index in [4.69, 9.17) is 5.73 Å². The van der Waals surface area contributed by atoms with Gasteiger partial charge in [-0.25, -0.2) is 12.7 Å². The standard InChI is InChI=1S/C11H18N2O2S/c1-4-13(3)16(14,15)11-6-5-10(8-12)9(2)7-11/h5-7H,4,8,12H2,1-3H3. The SMILES string of the molecule is CCN(C)S(=O)(=O)c1ccc(CN)c(C)c1. The van der Waals surface area contributed by atoms with Crippen molar-refractivity contribution in [2.45, 2.75) is 25.3 Å². The Morgan fingerprint density at radius 3 is 2.44 bits per heavy atom. The van der Waals surface area contributed by atoms with Crippen molar-refractivity contribution in [1.29, 1.82) is 0 Å². The molecule has 90 valence electrons. The van der Waals surface area contributed by atoms with Crippen LogP contribution >= 0.6 is 0 Å². The van der Waals surface area contributed by atoms with E-state index >= 15 is 0 Å². The number of nitrogens with two attached hydrogens (primary N) is 1. The molecule has 0 aliphatic carbocycles. The van der Waals surface area contributed by atoms with E-state index in [0.717, 1.165) is 11.1 Å². The molecule has 0 atom stereocenters. The topological polar surface area (TPSA) is 63.4 Å². The van der Waals surface area contributed by atoms with Crippen molar-refractivity contribution in [3.05, 3.63) is 29.3 Å². The Morgan fingerprint density at radius 2 is 2.00 bits per heavy atom. The van der Waals surface area contributed by atoms with Crippen LogP contribution in [-0.4, -0.2) is 26.3 Å². The van der Waals surface area contributed by atoms with Gasteiger partial charge in [-0.3, -0.25) is 0 Å². The smallest absolute Gasteiger partial charge is 0.242 e. The number of hydrogen-bond acceptors (Lipinski definition) is 3. The molecular formula is C11H18N2O2S. The molecule has 0 aliphatic heterocycles. The van der Waals surface area contributed by atoms with E-state index < -0.39 is 10.0 Å². The third-order valence-corrected chi connectivity index (χ3v) is 4.62. The predicted octanol–water partition coefficient (Wildman–Crippen LogP) is 1.09.